The van der Waals surface area contributed by atoms with E-state index in [-0.39, 0.29) is 11.9 Å². The van der Waals surface area contributed by atoms with Crippen molar-refractivity contribution in [1.29, 1.82) is 0 Å². The number of benzene rings is 1. The van der Waals surface area contributed by atoms with Gasteiger partial charge in [0.15, 0.2) is 0 Å². The van der Waals surface area contributed by atoms with E-state index in [2.05, 4.69) is 5.32 Å². The molecular weight excluding hydrogens is 188 g/mol. The molecule has 0 spiro atoms. The summed E-state index contributed by atoms with van der Waals surface area (Å²) in [5, 5.41) is 2.80. The lowest BCUT2D eigenvalue weighted by Crippen LogP contribution is -2.29. The molecule has 3 N–H and O–H groups in total. The molecule has 1 rings (SSSR count). The van der Waals surface area contributed by atoms with Crippen molar-refractivity contribution in [3.8, 4) is 0 Å². The summed E-state index contributed by atoms with van der Waals surface area (Å²) in [6.45, 7) is 7.85. The van der Waals surface area contributed by atoms with Crippen LogP contribution >= 0.6 is 0 Å². The quantitative estimate of drug-likeness (QED) is 0.733. The molecule has 1 amide bonds. The van der Waals surface area contributed by atoms with Gasteiger partial charge in [-0.3, -0.25) is 4.79 Å². The number of carbonyl (C=O) groups is 1. The summed E-state index contributed by atoms with van der Waals surface area (Å²) in [6, 6.07) is 7.02. The van der Waals surface area contributed by atoms with Gasteiger partial charge in [0.1, 0.15) is 0 Å². The molecule has 0 bridgehead atoms. The number of anilines is 1. The van der Waals surface area contributed by atoms with Gasteiger partial charge in [-0.15, -0.1) is 0 Å². The Kier molecular flexibility index (Phi) is 6.18. The van der Waals surface area contributed by atoms with E-state index < -0.39 is 0 Å². The maximum atomic E-state index is 11.4. The summed E-state index contributed by atoms with van der Waals surface area (Å²) in [6.07, 6.45) is 0. The second kappa shape index (κ2) is 6.87. The first-order valence-electron chi connectivity index (χ1n) is 5.26. The Morgan fingerprint density at radius 1 is 1.20 bits per heavy atom. The molecule has 0 saturated carbocycles. The largest absolute Gasteiger partial charge is 0.399 e. The van der Waals surface area contributed by atoms with Gasteiger partial charge >= 0.3 is 0 Å². The standard InChI is InChI=1S/C10H14N2O.C2H6/c1-7(2)12-10(13)8-3-5-9(11)6-4-8;1-2/h3-7H,11H2,1-2H3,(H,12,13);1-2H3. The second-order valence-corrected chi connectivity index (χ2v) is 3.25. The highest BCUT2D eigenvalue weighted by molar-refractivity contribution is 5.94. The summed E-state index contributed by atoms with van der Waals surface area (Å²) in [5.74, 6) is -0.0602. The van der Waals surface area contributed by atoms with Crippen LogP contribution in [0.25, 0.3) is 0 Å². The van der Waals surface area contributed by atoms with Gasteiger partial charge in [0.25, 0.3) is 5.91 Å². The minimum absolute atomic E-state index is 0.0602. The lowest BCUT2D eigenvalue weighted by atomic mass is 10.2. The molecule has 0 unspecified atom stereocenters. The average Bonchev–Trinajstić information content (AvgIpc) is 2.20. The van der Waals surface area contributed by atoms with Crippen LogP contribution < -0.4 is 11.1 Å². The SMILES string of the molecule is CC.CC(C)NC(=O)c1ccc(N)cc1. The Balaban J connectivity index is 0.000000921. The van der Waals surface area contributed by atoms with Crippen LogP contribution in [-0.4, -0.2) is 11.9 Å². The molecule has 3 heteroatoms. The third kappa shape index (κ3) is 5.05. The summed E-state index contributed by atoms with van der Waals surface area (Å²) < 4.78 is 0. The van der Waals surface area contributed by atoms with Crippen LogP contribution in [0.3, 0.4) is 0 Å². The fourth-order valence-electron chi connectivity index (χ4n) is 0.980. The molecule has 3 nitrogen and oxygen atoms in total. The Bertz CT molecular complexity index is 291. The van der Waals surface area contributed by atoms with E-state index in [9.17, 15) is 4.79 Å². The highest BCUT2D eigenvalue weighted by Crippen LogP contribution is 2.05. The highest BCUT2D eigenvalue weighted by Gasteiger charge is 2.05. The fourth-order valence-corrected chi connectivity index (χ4v) is 0.980. The van der Waals surface area contributed by atoms with E-state index in [0.29, 0.717) is 11.3 Å². The fraction of sp³-hybridized carbons (Fsp3) is 0.417. The van der Waals surface area contributed by atoms with Crippen LogP contribution in [0, 0.1) is 0 Å². The Hall–Kier alpha value is -1.51. The van der Waals surface area contributed by atoms with Gasteiger partial charge in [0.2, 0.25) is 0 Å². The van der Waals surface area contributed by atoms with Crippen LogP contribution in [0.4, 0.5) is 5.69 Å². The van der Waals surface area contributed by atoms with E-state index in [1.807, 2.05) is 27.7 Å². The molecule has 0 fully saturated rings. The molecule has 15 heavy (non-hydrogen) atoms. The molecule has 1 aromatic rings. The molecule has 0 aliphatic rings. The third-order valence-electron chi connectivity index (χ3n) is 1.59. The van der Waals surface area contributed by atoms with Crippen molar-refractivity contribution in [2.75, 3.05) is 5.73 Å². The van der Waals surface area contributed by atoms with Crippen LogP contribution in [0.2, 0.25) is 0 Å². The third-order valence-corrected chi connectivity index (χ3v) is 1.59. The van der Waals surface area contributed by atoms with E-state index >= 15 is 0 Å². The number of carbonyl (C=O) groups excluding carboxylic acids is 1. The van der Waals surface area contributed by atoms with Gasteiger partial charge in [0, 0.05) is 17.3 Å². The molecule has 1 aromatic carbocycles. The topological polar surface area (TPSA) is 55.1 Å². The molecule has 0 aliphatic heterocycles. The molecular formula is C12H20N2O. The average molecular weight is 208 g/mol. The highest BCUT2D eigenvalue weighted by atomic mass is 16.1. The zero-order chi connectivity index (χ0) is 11.8. The molecule has 0 heterocycles. The number of nitrogens with one attached hydrogen (secondary N) is 1. The summed E-state index contributed by atoms with van der Waals surface area (Å²) in [7, 11) is 0. The number of hydrogen-bond acceptors (Lipinski definition) is 2. The number of amides is 1. The lowest BCUT2D eigenvalue weighted by Gasteiger charge is -2.07. The first kappa shape index (κ1) is 13.5. The van der Waals surface area contributed by atoms with Crippen LogP contribution in [-0.2, 0) is 0 Å². The van der Waals surface area contributed by atoms with Gasteiger partial charge < -0.3 is 11.1 Å². The van der Waals surface area contributed by atoms with Crippen molar-refractivity contribution in [3.05, 3.63) is 29.8 Å². The number of rotatable bonds is 2. The maximum absolute atomic E-state index is 11.4. The normalized spacial score (nSPS) is 9.13. The maximum Gasteiger partial charge on any atom is 0.251 e. The molecule has 0 radical (unpaired) electrons. The van der Waals surface area contributed by atoms with Crippen molar-refractivity contribution in [1.82, 2.24) is 5.32 Å². The Morgan fingerprint density at radius 2 is 1.67 bits per heavy atom. The molecule has 0 aromatic heterocycles. The first-order chi connectivity index (χ1) is 7.09. The minimum Gasteiger partial charge on any atom is -0.399 e. The summed E-state index contributed by atoms with van der Waals surface area (Å²) in [5.41, 5.74) is 6.81. The second-order valence-electron chi connectivity index (χ2n) is 3.25. The van der Waals surface area contributed by atoms with Crippen LogP contribution in [0.1, 0.15) is 38.1 Å². The predicted octanol–water partition coefficient (Wildman–Crippen LogP) is 2.43. The predicted molar refractivity (Wildman–Crippen MR) is 64.8 cm³/mol. The molecule has 0 atom stereocenters. The molecule has 84 valence electrons. The number of nitrogen functional groups attached to an aromatic ring is 1. The van der Waals surface area contributed by atoms with Crippen molar-refractivity contribution >= 4 is 11.6 Å². The number of nitrogens with two attached hydrogens (primary N) is 1. The van der Waals surface area contributed by atoms with E-state index in [1.165, 1.54) is 0 Å². The zero-order valence-corrected chi connectivity index (χ0v) is 9.87. The van der Waals surface area contributed by atoms with E-state index in [0.717, 1.165) is 0 Å². The van der Waals surface area contributed by atoms with E-state index in [1.54, 1.807) is 24.3 Å². The smallest absolute Gasteiger partial charge is 0.251 e. The summed E-state index contributed by atoms with van der Waals surface area (Å²) in [4.78, 5) is 11.4. The van der Waals surface area contributed by atoms with Crippen molar-refractivity contribution in [2.24, 2.45) is 0 Å². The summed E-state index contributed by atoms with van der Waals surface area (Å²) >= 11 is 0. The van der Waals surface area contributed by atoms with Crippen LogP contribution in [0.5, 0.6) is 0 Å². The van der Waals surface area contributed by atoms with E-state index in [4.69, 9.17) is 5.73 Å². The Labute approximate surface area is 91.7 Å². The van der Waals surface area contributed by atoms with Crippen molar-refractivity contribution < 1.29 is 4.79 Å². The van der Waals surface area contributed by atoms with Gasteiger partial charge in [-0.25, -0.2) is 0 Å². The zero-order valence-electron chi connectivity index (χ0n) is 9.87. The van der Waals surface area contributed by atoms with Gasteiger partial charge in [-0.1, -0.05) is 13.8 Å². The van der Waals surface area contributed by atoms with Crippen LogP contribution in [0.15, 0.2) is 24.3 Å². The lowest BCUT2D eigenvalue weighted by molar-refractivity contribution is 0.0943. The van der Waals surface area contributed by atoms with Crippen molar-refractivity contribution in [2.45, 2.75) is 33.7 Å². The van der Waals surface area contributed by atoms with Crippen molar-refractivity contribution in [3.63, 3.8) is 0 Å². The first-order valence-corrected chi connectivity index (χ1v) is 5.26. The Morgan fingerprint density at radius 3 is 2.07 bits per heavy atom. The minimum atomic E-state index is -0.0602. The molecule has 0 saturated heterocycles. The van der Waals surface area contributed by atoms with Gasteiger partial charge in [-0.05, 0) is 38.1 Å². The number of hydrogen-bond donors (Lipinski definition) is 2. The van der Waals surface area contributed by atoms with Gasteiger partial charge in [0.05, 0.1) is 0 Å². The molecule has 0 aliphatic carbocycles. The monoisotopic (exact) mass is 208 g/mol. The van der Waals surface area contributed by atoms with Gasteiger partial charge in [-0.2, -0.15) is 0 Å².